The number of amides is 3. The maximum Gasteiger partial charge on any atom is 0.257 e. The van der Waals surface area contributed by atoms with E-state index in [1.807, 2.05) is 30.1 Å². The quantitative estimate of drug-likeness (QED) is 0.0696. The van der Waals surface area contributed by atoms with Gasteiger partial charge in [0.1, 0.15) is 52.4 Å². The van der Waals surface area contributed by atoms with Crippen molar-refractivity contribution in [2.24, 2.45) is 32.7 Å². The third-order valence-corrected chi connectivity index (χ3v) is 21.4. The van der Waals surface area contributed by atoms with Crippen LogP contribution in [0.5, 0.6) is 0 Å². The van der Waals surface area contributed by atoms with Crippen molar-refractivity contribution >= 4 is 52.3 Å². The van der Waals surface area contributed by atoms with E-state index in [1.54, 1.807) is 36.4 Å². The molecule has 123 heavy (non-hydrogen) atoms. The molecule has 0 atom stereocenters. The van der Waals surface area contributed by atoms with Crippen LogP contribution in [-0.2, 0) is 72.4 Å². The second-order valence-corrected chi connectivity index (χ2v) is 30.5. The zero-order valence-corrected chi connectivity index (χ0v) is 66.5. The molecule has 9 aromatic carbocycles. The summed E-state index contributed by atoms with van der Waals surface area (Å²) in [6.07, 6.45) is -2.44. The molecule has 642 valence electrons. The van der Waals surface area contributed by atoms with Crippen LogP contribution in [0.3, 0.4) is 0 Å². The van der Waals surface area contributed by atoms with Crippen molar-refractivity contribution in [1.82, 2.24) is 30.7 Å². The SMILES string of the molecule is [2H]c1cc(C(=O)NC2=NCc3ccc(Cc4cc(F)cc(F)c4)cc32)c(CC2CC([2H])([2H])OC([2H])([2H])C2)c([2H])c1N1C([2H])([2H])C([2H])([2H])N(C([2H])([2H])[2H])C([2H])([2H])C1([2H])[2H].[2H]c1cc(C(=O)NC2=NCc3ccc(Cc4cc(F)cc(F)c4)cc32)c(CC2CC([2H])([2H])OC([2H])([2H])C2)c([2H])c1N1C([2H])([2H])C([2H])([2H])N(C)C([2H])([2H])C1([2H])[2H].[2H]c1cc(C(=O)NC2=NCc3ccc(Cc4cc(F)cc(F)c4)cc32)c(CC2CC([2H])([2H])OC([2H])([2H])C2)c([2H])c1N1CCN(C)CC1. The number of rotatable bonds is 18. The van der Waals surface area contributed by atoms with Gasteiger partial charge in [-0.05, 0) is 292 Å². The third kappa shape index (κ3) is 22.2. The normalized spacial score (nSPS) is 28.1. The second kappa shape index (κ2) is 39.8. The maximum absolute atomic E-state index is 14.2. The number of hydrogen-bond donors (Lipinski definition) is 3. The van der Waals surface area contributed by atoms with Crippen molar-refractivity contribution < 1.29 is 106 Å². The molecular formula is C99H108F6N12O6. The van der Waals surface area contributed by atoms with Crippen LogP contribution in [0.1, 0.15) is 204 Å². The van der Waals surface area contributed by atoms with E-state index in [2.05, 4.69) is 35.8 Å². The summed E-state index contributed by atoms with van der Waals surface area (Å²) < 4.78 is 411. The van der Waals surface area contributed by atoms with Gasteiger partial charge in [-0.2, -0.15) is 0 Å². The van der Waals surface area contributed by atoms with E-state index in [9.17, 15) is 44.8 Å². The predicted molar refractivity (Wildman–Crippen MR) is 470 cm³/mol. The lowest BCUT2D eigenvalue weighted by Crippen LogP contribution is -2.44. The van der Waals surface area contributed by atoms with Crippen molar-refractivity contribution in [2.45, 2.75) is 96.7 Å². The minimum absolute atomic E-state index is 0.00168. The highest BCUT2D eigenvalue weighted by Gasteiger charge is 2.31. The Labute approximate surface area is 768 Å². The number of aliphatic imine (C=N–C) groups is 3. The van der Waals surface area contributed by atoms with Gasteiger partial charge < -0.3 is 59.6 Å². The molecular weight excluding hydrogens is 1570 g/mol. The van der Waals surface area contributed by atoms with Crippen molar-refractivity contribution in [1.29, 1.82) is 0 Å². The van der Waals surface area contributed by atoms with Gasteiger partial charge in [0.05, 0.1) is 55.3 Å². The fourth-order valence-electron chi connectivity index (χ4n) is 15.1. The first-order chi connectivity index (χ1) is 73.7. The first-order valence-corrected chi connectivity index (χ1v) is 39.6. The molecule has 9 aliphatic rings. The van der Waals surface area contributed by atoms with E-state index in [0.717, 1.165) is 73.7 Å². The van der Waals surface area contributed by atoms with Gasteiger partial charge in [-0.3, -0.25) is 29.4 Å². The van der Waals surface area contributed by atoms with Gasteiger partial charge in [0.25, 0.3) is 17.7 Å². The average molecular weight is 1710 g/mol. The molecule has 0 aromatic heterocycles. The largest absolute Gasteiger partial charge is 0.381 e. The molecule has 3 amide bonds. The highest BCUT2D eigenvalue weighted by molar-refractivity contribution is 6.16. The molecule has 0 bridgehead atoms. The van der Waals surface area contributed by atoms with Crippen molar-refractivity contribution in [3.8, 4) is 0 Å². The monoisotopic (exact) mass is 1710 g/mol. The highest BCUT2D eigenvalue weighted by Crippen LogP contribution is 2.34. The first kappa shape index (κ1) is 51.4. The number of nitrogens with one attached hydrogen (secondary N) is 3. The smallest absolute Gasteiger partial charge is 0.257 e. The number of anilines is 3. The Bertz CT molecular complexity index is 7230. The zero-order chi connectivity index (χ0) is 118. The van der Waals surface area contributed by atoms with Crippen LogP contribution in [0.4, 0.5) is 43.4 Å². The molecule has 9 aliphatic heterocycles. The standard InChI is InChI=1S/3C33H36F2N4O2/c3*1-38-8-10-39(11-9-38)29-4-5-30(26(19-29)15-22-6-12-41-13-7-22)33(40)37-32-31-18-23(2-3-25(31)21-36-32)14-24-16-27(34)20-28(35)17-24/h3*2-5,16-20,22H,6-15,21H2,1H3,(H,36,37,40)/i1D3,4D,8D2,9D2,10D2,11D2,12D2,13D2,19D;4D,8D2,9D2,10D2,11D2,12D2,13D2,19D;4D,12D2,13D2,19D. The van der Waals surface area contributed by atoms with Gasteiger partial charge >= 0.3 is 0 Å². The highest BCUT2D eigenvalue weighted by atomic mass is 19.2. The van der Waals surface area contributed by atoms with Crippen LogP contribution < -0.4 is 30.7 Å². The Kier molecular flexibility index (Phi) is 16.6. The molecule has 0 spiro atoms. The van der Waals surface area contributed by atoms with Gasteiger partial charge in [0, 0.05) is 201 Å². The lowest BCUT2D eigenvalue weighted by atomic mass is 9.89. The molecule has 0 saturated carbocycles. The van der Waals surface area contributed by atoms with Crippen molar-refractivity contribution in [2.75, 3.05) is 153 Å². The summed E-state index contributed by atoms with van der Waals surface area (Å²) in [4.78, 5) is 59.4. The van der Waals surface area contributed by atoms with E-state index in [4.69, 9.17) is 60.8 Å². The minimum Gasteiger partial charge on any atom is -0.381 e. The molecule has 24 heteroatoms. The van der Waals surface area contributed by atoms with E-state index in [0.29, 0.717) is 92.4 Å². The summed E-state index contributed by atoms with van der Waals surface area (Å²) in [6.45, 7) is -43.7. The second-order valence-electron chi connectivity index (χ2n) is 30.5. The fraction of sp³-hybridized carbons (Fsp3) is 0.394. The van der Waals surface area contributed by atoms with Gasteiger partial charge in [-0.15, -0.1) is 0 Å². The lowest BCUT2D eigenvalue weighted by Gasteiger charge is -2.34. The van der Waals surface area contributed by atoms with Crippen LogP contribution in [0.2, 0.25) is 0 Å². The Hall–Kier alpha value is -10.9. The molecule has 0 aliphatic carbocycles. The van der Waals surface area contributed by atoms with E-state index in [1.165, 1.54) is 30.3 Å². The Morgan fingerprint density at radius 3 is 0.992 bits per heavy atom. The third-order valence-electron chi connectivity index (χ3n) is 21.4. The first-order valence-electron chi connectivity index (χ1n) is 58.1. The Morgan fingerprint density at radius 1 is 0.382 bits per heavy atom. The van der Waals surface area contributed by atoms with Crippen LogP contribution in [0.25, 0.3) is 0 Å². The topological polar surface area (TPSA) is 172 Å². The van der Waals surface area contributed by atoms with Crippen LogP contribution in [0, 0.1) is 52.7 Å². The van der Waals surface area contributed by atoms with E-state index >= 15 is 0 Å². The number of amidine groups is 3. The van der Waals surface area contributed by atoms with Crippen LogP contribution >= 0.6 is 0 Å². The molecule has 9 heterocycles. The molecule has 9 aromatic rings. The summed E-state index contributed by atoms with van der Waals surface area (Å²) in [5.74, 6) is -9.14. The molecule has 3 N–H and O–H groups in total. The summed E-state index contributed by atoms with van der Waals surface area (Å²) in [5.41, 5.74) is 4.12. The number of piperazine rings is 3. The molecule has 6 fully saturated rings. The number of carbonyl (C=O) groups excluding carboxylic acids is 3. The number of halogens is 6. The Balaban J connectivity index is 0.000000170. The maximum atomic E-state index is 14.2. The predicted octanol–water partition coefficient (Wildman–Crippen LogP) is 14.9. The number of benzene rings is 9. The molecule has 18 rings (SSSR count). The molecule has 0 radical (unpaired) electrons. The average Bonchev–Trinajstić information content (AvgIpc) is 0.693. The number of fused-ring (bicyclic) bond motifs is 3. The Morgan fingerprint density at radius 2 is 0.683 bits per heavy atom. The van der Waals surface area contributed by atoms with E-state index in [-0.39, 0.29) is 107 Å². The van der Waals surface area contributed by atoms with Crippen LogP contribution in [0.15, 0.2) is 179 Å². The number of nitrogens with zero attached hydrogens (tertiary/aromatic N) is 9. The summed E-state index contributed by atoms with van der Waals surface area (Å²) in [5, 5.41) is 8.12. The summed E-state index contributed by atoms with van der Waals surface area (Å²) in [7, 11) is 2.86. The van der Waals surface area contributed by atoms with Gasteiger partial charge in [0.15, 0.2) is 0 Å². The summed E-state index contributed by atoms with van der Waals surface area (Å²) >= 11 is 0. The van der Waals surface area contributed by atoms with Gasteiger partial charge in [-0.1, -0.05) is 36.4 Å². The van der Waals surface area contributed by atoms with Crippen LogP contribution in [-0.4, -0.2) is 189 Å². The fourth-order valence-corrected chi connectivity index (χ4v) is 15.1. The number of carbonyl (C=O) groups is 3. The van der Waals surface area contributed by atoms with E-state index < -0.39 is 259 Å². The number of ether oxygens (including phenoxy) is 3. The lowest BCUT2D eigenvalue weighted by molar-refractivity contribution is 0.0663. The van der Waals surface area contributed by atoms with Gasteiger partial charge in [-0.25, -0.2) is 26.3 Å². The minimum atomic E-state index is -3.86. The summed E-state index contributed by atoms with van der Waals surface area (Å²) in [6, 6.07) is 24.7. The number of hydrogen-bond acceptors (Lipinski definition) is 15. The van der Waals surface area contributed by atoms with Crippen molar-refractivity contribution in [3.63, 3.8) is 0 Å². The van der Waals surface area contributed by atoms with Gasteiger partial charge in [0.2, 0.25) is 0 Å². The van der Waals surface area contributed by atoms with Crippen molar-refractivity contribution in [3.05, 3.63) is 299 Å². The molecule has 0 unspecified atom stereocenters. The zero-order valence-electron chi connectivity index (χ0n) is 104. The molecule has 6 saturated heterocycles. The number of likely N-dealkylation sites (N-methyl/N-ethyl adjacent to an activating group) is 3. The molecule has 18 nitrogen and oxygen atoms in total.